The number of amides is 1. The first kappa shape index (κ1) is 14.3. The van der Waals surface area contributed by atoms with Crippen molar-refractivity contribution >= 4 is 12.0 Å². The van der Waals surface area contributed by atoms with Gasteiger partial charge in [-0.05, 0) is 43.7 Å². The number of fused-ring (bicyclic) bond motifs is 1. The number of carbonyl (C=O) groups is 1. The van der Waals surface area contributed by atoms with Gasteiger partial charge in [-0.25, -0.2) is 4.39 Å². The summed E-state index contributed by atoms with van der Waals surface area (Å²) >= 11 is 0. The summed E-state index contributed by atoms with van der Waals surface area (Å²) in [5.41, 5.74) is 0.475. The summed E-state index contributed by atoms with van der Waals surface area (Å²) in [7, 11) is 0. The van der Waals surface area contributed by atoms with E-state index in [2.05, 4.69) is 0 Å². The van der Waals surface area contributed by atoms with E-state index >= 15 is 0 Å². The average molecular weight is 287 g/mol. The highest BCUT2D eigenvalue weighted by Crippen LogP contribution is 2.35. The second-order valence-electron chi connectivity index (χ2n) is 6.14. The third-order valence-corrected chi connectivity index (χ3v) is 4.84. The summed E-state index contributed by atoms with van der Waals surface area (Å²) in [6.45, 7) is 0.849. The van der Waals surface area contributed by atoms with Gasteiger partial charge in [0.25, 0.3) is 0 Å². The molecule has 1 amide bonds. The summed E-state index contributed by atoms with van der Waals surface area (Å²) in [6.07, 6.45) is 10.4. The van der Waals surface area contributed by atoms with E-state index in [0.29, 0.717) is 17.5 Å². The first-order chi connectivity index (χ1) is 10.3. The number of rotatable bonds is 2. The summed E-state index contributed by atoms with van der Waals surface area (Å²) in [6, 6.07) is 6.96. The van der Waals surface area contributed by atoms with Crippen LogP contribution in [0.1, 0.15) is 44.1 Å². The fourth-order valence-corrected chi connectivity index (χ4v) is 3.77. The molecule has 3 heteroatoms. The van der Waals surface area contributed by atoms with Crippen molar-refractivity contribution in [1.29, 1.82) is 0 Å². The molecule has 1 aliphatic carbocycles. The smallest absolute Gasteiger partial charge is 0.246 e. The van der Waals surface area contributed by atoms with Crippen LogP contribution >= 0.6 is 0 Å². The Bertz CT molecular complexity index is 538. The molecule has 0 radical (unpaired) electrons. The maximum absolute atomic E-state index is 13.6. The van der Waals surface area contributed by atoms with Crippen molar-refractivity contribution in [1.82, 2.24) is 4.90 Å². The van der Waals surface area contributed by atoms with Gasteiger partial charge in [-0.3, -0.25) is 4.79 Å². The molecule has 2 atom stereocenters. The van der Waals surface area contributed by atoms with Crippen molar-refractivity contribution in [3.05, 3.63) is 41.7 Å². The lowest BCUT2D eigenvalue weighted by molar-refractivity contribution is -0.132. The van der Waals surface area contributed by atoms with Crippen LogP contribution in [0.25, 0.3) is 6.08 Å². The molecule has 1 aromatic carbocycles. The van der Waals surface area contributed by atoms with Crippen LogP contribution in [0.4, 0.5) is 4.39 Å². The van der Waals surface area contributed by atoms with Crippen LogP contribution in [0.3, 0.4) is 0 Å². The topological polar surface area (TPSA) is 20.3 Å². The predicted octanol–water partition coefficient (Wildman–Crippen LogP) is 4.02. The SMILES string of the molecule is O=C(/C=C/c1ccccc1F)N1CCCC2CCCCC21. The lowest BCUT2D eigenvalue weighted by Gasteiger charge is -2.43. The largest absolute Gasteiger partial charge is 0.336 e. The van der Waals surface area contributed by atoms with Crippen molar-refractivity contribution in [3.63, 3.8) is 0 Å². The molecule has 1 aliphatic heterocycles. The molecule has 0 spiro atoms. The van der Waals surface area contributed by atoms with Crippen LogP contribution in [0.5, 0.6) is 0 Å². The number of halogens is 1. The minimum absolute atomic E-state index is 0.0369. The van der Waals surface area contributed by atoms with Crippen LogP contribution in [0.2, 0.25) is 0 Å². The van der Waals surface area contributed by atoms with Gasteiger partial charge in [-0.1, -0.05) is 31.0 Å². The number of hydrogen-bond acceptors (Lipinski definition) is 1. The van der Waals surface area contributed by atoms with Crippen molar-refractivity contribution in [2.24, 2.45) is 5.92 Å². The molecule has 3 rings (SSSR count). The van der Waals surface area contributed by atoms with E-state index in [1.54, 1.807) is 24.3 Å². The van der Waals surface area contributed by atoms with Gasteiger partial charge in [0.15, 0.2) is 0 Å². The van der Waals surface area contributed by atoms with E-state index in [-0.39, 0.29) is 11.7 Å². The Balaban J connectivity index is 1.71. The quantitative estimate of drug-likeness (QED) is 0.752. The van der Waals surface area contributed by atoms with E-state index in [9.17, 15) is 9.18 Å². The summed E-state index contributed by atoms with van der Waals surface area (Å²) in [5.74, 6) is 0.434. The molecule has 1 saturated carbocycles. The van der Waals surface area contributed by atoms with Gasteiger partial charge in [0.05, 0.1) is 0 Å². The number of nitrogens with zero attached hydrogens (tertiary/aromatic N) is 1. The second kappa shape index (κ2) is 6.42. The monoisotopic (exact) mass is 287 g/mol. The third-order valence-electron chi connectivity index (χ3n) is 4.84. The van der Waals surface area contributed by atoms with Crippen LogP contribution in [-0.2, 0) is 4.79 Å². The van der Waals surface area contributed by atoms with Crippen LogP contribution in [0, 0.1) is 11.7 Å². The maximum atomic E-state index is 13.6. The predicted molar refractivity (Wildman–Crippen MR) is 82.1 cm³/mol. The Kier molecular flexibility index (Phi) is 4.37. The second-order valence-corrected chi connectivity index (χ2v) is 6.14. The lowest BCUT2D eigenvalue weighted by Crippen LogP contribution is -2.49. The molecule has 2 fully saturated rings. The van der Waals surface area contributed by atoms with Gasteiger partial charge in [0.2, 0.25) is 5.91 Å². The zero-order valence-corrected chi connectivity index (χ0v) is 12.3. The lowest BCUT2D eigenvalue weighted by atomic mass is 9.78. The maximum Gasteiger partial charge on any atom is 0.246 e. The van der Waals surface area contributed by atoms with Gasteiger partial charge < -0.3 is 4.90 Å². The Morgan fingerprint density at radius 1 is 1.14 bits per heavy atom. The molecular formula is C18H22FNO. The van der Waals surface area contributed by atoms with Gasteiger partial charge in [-0.15, -0.1) is 0 Å². The van der Waals surface area contributed by atoms with E-state index in [1.807, 2.05) is 4.90 Å². The zero-order valence-electron chi connectivity index (χ0n) is 12.3. The molecule has 112 valence electrons. The Morgan fingerprint density at radius 3 is 2.76 bits per heavy atom. The van der Waals surface area contributed by atoms with Crippen molar-refractivity contribution in [3.8, 4) is 0 Å². The highest BCUT2D eigenvalue weighted by Gasteiger charge is 2.34. The van der Waals surface area contributed by atoms with Crippen LogP contribution < -0.4 is 0 Å². The third kappa shape index (κ3) is 3.17. The van der Waals surface area contributed by atoms with Crippen molar-refractivity contribution < 1.29 is 9.18 Å². The number of carbonyl (C=O) groups excluding carboxylic acids is 1. The normalized spacial score (nSPS) is 25.9. The van der Waals surface area contributed by atoms with Crippen molar-refractivity contribution in [2.75, 3.05) is 6.54 Å². The van der Waals surface area contributed by atoms with Gasteiger partial charge in [0.1, 0.15) is 5.82 Å². The molecule has 21 heavy (non-hydrogen) atoms. The Labute approximate surface area is 125 Å². The summed E-state index contributed by atoms with van der Waals surface area (Å²) in [5, 5.41) is 0. The van der Waals surface area contributed by atoms with E-state index in [0.717, 1.165) is 19.4 Å². The van der Waals surface area contributed by atoms with Crippen LogP contribution in [-0.4, -0.2) is 23.4 Å². The van der Waals surface area contributed by atoms with E-state index in [1.165, 1.54) is 37.8 Å². The zero-order chi connectivity index (χ0) is 14.7. The Hall–Kier alpha value is -1.64. The molecule has 0 N–H and O–H groups in total. The van der Waals surface area contributed by atoms with E-state index < -0.39 is 0 Å². The molecule has 2 unspecified atom stereocenters. The van der Waals surface area contributed by atoms with Crippen molar-refractivity contribution in [2.45, 2.75) is 44.6 Å². The number of hydrogen-bond donors (Lipinski definition) is 0. The first-order valence-corrected chi connectivity index (χ1v) is 7.99. The molecule has 1 heterocycles. The van der Waals surface area contributed by atoms with Gasteiger partial charge in [0, 0.05) is 24.2 Å². The molecular weight excluding hydrogens is 265 g/mol. The Morgan fingerprint density at radius 2 is 1.90 bits per heavy atom. The molecule has 0 bridgehead atoms. The number of benzene rings is 1. The number of likely N-dealkylation sites (tertiary alicyclic amines) is 1. The molecule has 0 aromatic heterocycles. The van der Waals surface area contributed by atoms with Gasteiger partial charge >= 0.3 is 0 Å². The standard InChI is InChI=1S/C18H22FNO/c19-16-9-3-1-6-14(16)11-12-18(21)20-13-5-8-15-7-2-4-10-17(15)20/h1,3,6,9,11-12,15,17H,2,4-5,7-8,10,13H2/b12-11+. The highest BCUT2D eigenvalue weighted by atomic mass is 19.1. The molecule has 1 aromatic rings. The summed E-state index contributed by atoms with van der Waals surface area (Å²) < 4.78 is 13.6. The fraction of sp³-hybridized carbons (Fsp3) is 0.500. The average Bonchev–Trinajstić information content (AvgIpc) is 2.53. The number of piperidine rings is 1. The summed E-state index contributed by atoms with van der Waals surface area (Å²) in [4.78, 5) is 14.5. The fourth-order valence-electron chi connectivity index (χ4n) is 3.77. The van der Waals surface area contributed by atoms with Crippen LogP contribution in [0.15, 0.2) is 30.3 Å². The highest BCUT2D eigenvalue weighted by molar-refractivity contribution is 5.92. The minimum atomic E-state index is -0.282. The van der Waals surface area contributed by atoms with E-state index in [4.69, 9.17) is 0 Å². The molecule has 1 saturated heterocycles. The molecule has 2 nitrogen and oxygen atoms in total. The first-order valence-electron chi connectivity index (χ1n) is 7.99. The molecule has 2 aliphatic rings. The van der Waals surface area contributed by atoms with Gasteiger partial charge in [-0.2, -0.15) is 0 Å². The minimum Gasteiger partial charge on any atom is -0.336 e.